The summed E-state index contributed by atoms with van der Waals surface area (Å²) >= 11 is 13.5. The van der Waals surface area contributed by atoms with E-state index in [0.717, 1.165) is 15.4 Å². The number of halogens is 3. The van der Waals surface area contributed by atoms with Crippen molar-refractivity contribution in [1.29, 1.82) is 0 Å². The van der Waals surface area contributed by atoms with Gasteiger partial charge in [-0.1, -0.05) is 35.0 Å². The van der Waals surface area contributed by atoms with Gasteiger partial charge in [-0.25, -0.2) is 4.39 Å². The fourth-order valence-electron chi connectivity index (χ4n) is 1.99. The van der Waals surface area contributed by atoms with Crippen molar-refractivity contribution >= 4 is 35.0 Å². The summed E-state index contributed by atoms with van der Waals surface area (Å²) in [7, 11) is 0. The molecule has 0 aliphatic heterocycles. The molecule has 3 rings (SSSR count). The van der Waals surface area contributed by atoms with Gasteiger partial charge in [-0.15, -0.1) is 0 Å². The number of hydrogen-bond donors (Lipinski definition) is 1. The molecule has 110 valence electrons. The van der Waals surface area contributed by atoms with Crippen LogP contribution in [0.5, 0.6) is 0 Å². The van der Waals surface area contributed by atoms with Crippen LogP contribution in [0.3, 0.4) is 0 Å². The molecular weight excluding hydrogens is 328 g/mol. The van der Waals surface area contributed by atoms with Crippen LogP contribution in [-0.2, 0) is 6.54 Å². The van der Waals surface area contributed by atoms with E-state index in [0.29, 0.717) is 22.6 Å². The lowest BCUT2D eigenvalue weighted by molar-refractivity contribution is 0.616. The van der Waals surface area contributed by atoms with Gasteiger partial charge in [0.15, 0.2) is 0 Å². The van der Waals surface area contributed by atoms with Crippen LogP contribution >= 0.6 is 35.0 Å². The zero-order valence-corrected chi connectivity index (χ0v) is 13.5. The average molecular weight is 342 g/mol. The molecule has 2 aromatic carbocycles. The van der Waals surface area contributed by atoms with Crippen molar-refractivity contribution in [2.24, 2.45) is 0 Å². The van der Waals surface area contributed by atoms with Gasteiger partial charge in [0.2, 0.25) is 0 Å². The first-order valence-corrected chi connectivity index (χ1v) is 8.34. The molecular formula is C16H14Cl2FNS. The Morgan fingerprint density at radius 1 is 1.10 bits per heavy atom. The van der Waals surface area contributed by atoms with Crippen LogP contribution in [0.1, 0.15) is 18.4 Å². The van der Waals surface area contributed by atoms with Gasteiger partial charge in [-0.05, 0) is 54.8 Å². The molecule has 1 nitrogen and oxygen atoms in total. The molecule has 0 spiro atoms. The fraction of sp³-hybridized carbons (Fsp3) is 0.250. The lowest BCUT2D eigenvalue weighted by Crippen LogP contribution is -2.15. The molecule has 5 heteroatoms. The van der Waals surface area contributed by atoms with Gasteiger partial charge < -0.3 is 5.32 Å². The highest BCUT2D eigenvalue weighted by atomic mass is 35.5. The summed E-state index contributed by atoms with van der Waals surface area (Å²) in [5.74, 6) is -0.207. The van der Waals surface area contributed by atoms with Crippen LogP contribution in [0.2, 0.25) is 10.0 Å². The van der Waals surface area contributed by atoms with Crippen molar-refractivity contribution < 1.29 is 4.39 Å². The largest absolute Gasteiger partial charge is 0.310 e. The van der Waals surface area contributed by atoms with Crippen molar-refractivity contribution in [3.05, 3.63) is 57.8 Å². The van der Waals surface area contributed by atoms with Gasteiger partial charge in [0.05, 0.1) is 10.0 Å². The second-order valence-corrected chi connectivity index (χ2v) is 7.01. The van der Waals surface area contributed by atoms with Crippen LogP contribution in [0.25, 0.3) is 0 Å². The van der Waals surface area contributed by atoms with E-state index in [1.54, 1.807) is 23.9 Å². The van der Waals surface area contributed by atoms with E-state index in [1.165, 1.54) is 18.9 Å². The highest BCUT2D eigenvalue weighted by Gasteiger charge is 2.20. The van der Waals surface area contributed by atoms with Gasteiger partial charge in [0.25, 0.3) is 0 Å². The fourth-order valence-corrected chi connectivity index (χ4v) is 3.32. The van der Waals surface area contributed by atoms with Gasteiger partial charge in [-0.2, -0.15) is 0 Å². The van der Waals surface area contributed by atoms with Crippen LogP contribution in [0.4, 0.5) is 4.39 Å². The van der Waals surface area contributed by atoms with E-state index in [4.69, 9.17) is 23.2 Å². The van der Waals surface area contributed by atoms with E-state index in [-0.39, 0.29) is 5.82 Å². The van der Waals surface area contributed by atoms with Gasteiger partial charge >= 0.3 is 0 Å². The molecule has 1 N–H and O–H groups in total. The molecule has 1 aliphatic rings. The standard InChI is InChI=1S/C16H14Cl2FNS/c17-14-5-4-13(8-15(14)18)21-16-6-1-11(19)7-10(16)9-20-12-2-3-12/h1,4-8,12,20H,2-3,9H2. The Morgan fingerprint density at radius 2 is 1.90 bits per heavy atom. The predicted octanol–water partition coefficient (Wildman–Crippen LogP) is 5.54. The summed E-state index contributed by atoms with van der Waals surface area (Å²) in [4.78, 5) is 2.02. The van der Waals surface area contributed by atoms with Crippen LogP contribution < -0.4 is 5.32 Å². The molecule has 0 unspecified atom stereocenters. The summed E-state index contributed by atoms with van der Waals surface area (Å²) in [5, 5.41) is 4.49. The minimum Gasteiger partial charge on any atom is -0.310 e. The SMILES string of the molecule is Fc1ccc(Sc2ccc(Cl)c(Cl)c2)c(CNC2CC2)c1. The Labute approximate surface area is 137 Å². The van der Waals surface area contributed by atoms with Gasteiger partial charge in [0, 0.05) is 22.4 Å². The maximum absolute atomic E-state index is 13.5. The van der Waals surface area contributed by atoms with E-state index in [1.807, 2.05) is 18.2 Å². The first-order valence-electron chi connectivity index (χ1n) is 6.76. The highest BCUT2D eigenvalue weighted by Crippen LogP contribution is 2.34. The Hall–Kier alpha value is -0.740. The molecule has 2 aromatic rings. The first kappa shape index (κ1) is 15.2. The molecule has 1 aliphatic carbocycles. The molecule has 0 atom stereocenters. The minimum absolute atomic E-state index is 0.207. The molecule has 0 amide bonds. The van der Waals surface area contributed by atoms with Gasteiger partial charge in [0.1, 0.15) is 5.82 Å². The number of hydrogen-bond acceptors (Lipinski definition) is 2. The predicted molar refractivity (Wildman–Crippen MR) is 86.8 cm³/mol. The lowest BCUT2D eigenvalue weighted by atomic mass is 10.2. The lowest BCUT2D eigenvalue weighted by Gasteiger charge is -2.11. The normalized spacial score (nSPS) is 14.4. The third-order valence-electron chi connectivity index (χ3n) is 3.30. The van der Waals surface area contributed by atoms with Crippen molar-refractivity contribution in [3.63, 3.8) is 0 Å². The summed E-state index contributed by atoms with van der Waals surface area (Å²) in [5.41, 5.74) is 0.970. The second-order valence-electron chi connectivity index (χ2n) is 5.09. The number of benzene rings is 2. The van der Waals surface area contributed by atoms with Crippen molar-refractivity contribution in [3.8, 4) is 0 Å². The first-order chi connectivity index (χ1) is 10.1. The summed E-state index contributed by atoms with van der Waals surface area (Å²) < 4.78 is 13.5. The average Bonchev–Trinajstić information content (AvgIpc) is 3.27. The van der Waals surface area contributed by atoms with E-state index in [2.05, 4.69) is 5.32 Å². The molecule has 0 aromatic heterocycles. The minimum atomic E-state index is -0.207. The van der Waals surface area contributed by atoms with E-state index < -0.39 is 0 Å². The zero-order chi connectivity index (χ0) is 14.8. The van der Waals surface area contributed by atoms with Gasteiger partial charge in [-0.3, -0.25) is 0 Å². The third kappa shape index (κ3) is 4.13. The smallest absolute Gasteiger partial charge is 0.123 e. The molecule has 1 fully saturated rings. The Balaban J connectivity index is 1.80. The highest BCUT2D eigenvalue weighted by molar-refractivity contribution is 7.99. The quantitative estimate of drug-likeness (QED) is 0.766. The maximum Gasteiger partial charge on any atom is 0.123 e. The van der Waals surface area contributed by atoms with E-state index in [9.17, 15) is 4.39 Å². The summed E-state index contributed by atoms with van der Waals surface area (Å²) in [6.45, 7) is 0.687. The molecule has 0 radical (unpaired) electrons. The topological polar surface area (TPSA) is 12.0 Å². The van der Waals surface area contributed by atoms with Crippen LogP contribution in [-0.4, -0.2) is 6.04 Å². The maximum atomic E-state index is 13.5. The summed E-state index contributed by atoms with van der Waals surface area (Å²) in [6.07, 6.45) is 2.43. The molecule has 0 saturated heterocycles. The third-order valence-corrected chi connectivity index (χ3v) is 5.15. The molecule has 1 saturated carbocycles. The Bertz CT molecular complexity index is 659. The monoisotopic (exact) mass is 341 g/mol. The van der Waals surface area contributed by atoms with Crippen molar-refractivity contribution in [2.75, 3.05) is 0 Å². The number of nitrogens with one attached hydrogen (secondary N) is 1. The molecule has 0 bridgehead atoms. The Morgan fingerprint density at radius 3 is 2.62 bits per heavy atom. The Kier molecular flexibility index (Phi) is 4.75. The summed E-state index contributed by atoms with van der Waals surface area (Å²) in [6, 6.07) is 11.0. The van der Waals surface area contributed by atoms with Crippen molar-refractivity contribution in [2.45, 2.75) is 35.2 Å². The van der Waals surface area contributed by atoms with Crippen molar-refractivity contribution in [1.82, 2.24) is 5.32 Å². The van der Waals surface area contributed by atoms with E-state index >= 15 is 0 Å². The zero-order valence-electron chi connectivity index (χ0n) is 11.2. The second kappa shape index (κ2) is 6.57. The van der Waals surface area contributed by atoms with Crippen LogP contribution in [0, 0.1) is 5.82 Å². The molecule has 0 heterocycles. The van der Waals surface area contributed by atoms with Crippen LogP contribution in [0.15, 0.2) is 46.2 Å². The molecule has 21 heavy (non-hydrogen) atoms. The number of rotatable bonds is 5.